The smallest absolute Gasteiger partial charge is 0.216 e. The van der Waals surface area contributed by atoms with E-state index in [0.717, 1.165) is 0 Å². The number of nitriles is 1. The van der Waals surface area contributed by atoms with Gasteiger partial charge >= 0.3 is 0 Å². The lowest BCUT2D eigenvalue weighted by molar-refractivity contribution is 0.408. The molecule has 0 N–H and O–H groups in total. The van der Waals surface area contributed by atoms with Gasteiger partial charge in [0.05, 0.1) is 25.3 Å². The van der Waals surface area contributed by atoms with Crippen LogP contribution in [0.1, 0.15) is 5.69 Å². The first-order chi connectivity index (χ1) is 5.76. The fourth-order valence-corrected chi connectivity index (χ4v) is 0.814. The maximum absolute atomic E-state index is 12.6. The van der Waals surface area contributed by atoms with Gasteiger partial charge in [0.15, 0.2) is 0 Å². The van der Waals surface area contributed by atoms with Crippen LogP contribution in [0, 0.1) is 17.3 Å². The highest BCUT2D eigenvalue weighted by Crippen LogP contribution is 2.12. The first kappa shape index (κ1) is 8.47. The Bertz CT molecular complexity index is 319. The third-order valence-electron chi connectivity index (χ3n) is 1.32. The first-order valence-electron chi connectivity index (χ1n) is 3.33. The molecule has 0 atom stereocenters. The van der Waals surface area contributed by atoms with Gasteiger partial charge in [-0.15, -0.1) is 0 Å². The summed E-state index contributed by atoms with van der Waals surface area (Å²) in [7, 11) is 1.44. The molecule has 3 nitrogen and oxygen atoms in total. The fourth-order valence-electron chi connectivity index (χ4n) is 0.814. The van der Waals surface area contributed by atoms with Gasteiger partial charge in [-0.05, 0) is 0 Å². The van der Waals surface area contributed by atoms with Gasteiger partial charge in [-0.3, -0.25) is 0 Å². The fraction of sp³-hybridized carbons (Fsp3) is 0.250. The summed E-state index contributed by atoms with van der Waals surface area (Å²) in [4.78, 5) is 3.50. The summed E-state index contributed by atoms with van der Waals surface area (Å²) >= 11 is 0. The van der Waals surface area contributed by atoms with E-state index >= 15 is 0 Å². The molecule has 0 radical (unpaired) electrons. The molecule has 0 saturated carbocycles. The van der Waals surface area contributed by atoms with Crippen molar-refractivity contribution in [2.45, 2.75) is 6.42 Å². The number of rotatable bonds is 2. The van der Waals surface area contributed by atoms with E-state index < -0.39 is 5.95 Å². The van der Waals surface area contributed by atoms with Gasteiger partial charge in [-0.1, -0.05) is 0 Å². The second-order valence-electron chi connectivity index (χ2n) is 2.16. The molecule has 0 aliphatic heterocycles. The maximum Gasteiger partial charge on any atom is 0.216 e. The molecule has 0 bridgehead atoms. The molecule has 0 saturated heterocycles. The van der Waals surface area contributed by atoms with Gasteiger partial charge in [-0.2, -0.15) is 9.65 Å². The molecule has 0 unspecified atom stereocenters. The largest absolute Gasteiger partial charge is 0.497 e. The highest BCUT2D eigenvalue weighted by Gasteiger charge is 2.01. The van der Waals surface area contributed by atoms with Gasteiger partial charge in [-0.25, -0.2) is 4.98 Å². The topological polar surface area (TPSA) is 45.9 Å². The molecule has 0 spiro atoms. The second kappa shape index (κ2) is 3.67. The number of ether oxygens (including phenoxy) is 1. The van der Waals surface area contributed by atoms with Crippen LogP contribution < -0.4 is 4.74 Å². The molecule has 1 aromatic rings. The minimum Gasteiger partial charge on any atom is -0.497 e. The number of aromatic nitrogens is 1. The molecule has 62 valence electrons. The number of hydrogen-bond acceptors (Lipinski definition) is 3. The zero-order chi connectivity index (χ0) is 8.97. The Hall–Kier alpha value is -1.63. The van der Waals surface area contributed by atoms with E-state index in [0.29, 0.717) is 11.4 Å². The van der Waals surface area contributed by atoms with Gasteiger partial charge in [0.1, 0.15) is 5.75 Å². The van der Waals surface area contributed by atoms with Crippen molar-refractivity contribution in [2.75, 3.05) is 7.11 Å². The molecule has 4 heteroatoms. The van der Waals surface area contributed by atoms with E-state index in [1.165, 1.54) is 19.2 Å². The summed E-state index contributed by atoms with van der Waals surface area (Å²) in [5.74, 6) is -0.243. The monoisotopic (exact) mass is 166 g/mol. The van der Waals surface area contributed by atoms with Crippen LogP contribution in [0.4, 0.5) is 4.39 Å². The van der Waals surface area contributed by atoms with Crippen molar-refractivity contribution in [3.05, 3.63) is 23.8 Å². The van der Waals surface area contributed by atoms with E-state index in [1.54, 1.807) is 0 Å². The van der Waals surface area contributed by atoms with Crippen LogP contribution in [0.15, 0.2) is 12.1 Å². The van der Waals surface area contributed by atoms with Crippen LogP contribution in [0.3, 0.4) is 0 Å². The van der Waals surface area contributed by atoms with E-state index in [-0.39, 0.29) is 6.42 Å². The summed E-state index contributed by atoms with van der Waals surface area (Å²) < 4.78 is 17.4. The van der Waals surface area contributed by atoms with E-state index in [9.17, 15) is 4.39 Å². The summed E-state index contributed by atoms with van der Waals surface area (Å²) in [5.41, 5.74) is 0.384. The lowest BCUT2D eigenvalue weighted by Gasteiger charge is -2.00. The summed E-state index contributed by atoms with van der Waals surface area (Å²) in [6, 6.07) is 4.58. The molecule has 1 rings (SSSR count). The minimum absolute atomic E-state index is 0.0914. The van der Waals surface area contributed by atoms with Gasteiger partial charge in [0, 0.05) is 12.1 Å². The van der Waals surface area contributed by atoms with Crippen LogP contribution in [0.5, 0.6) is 5.75 Å². The van der Waals surface area contributed by atoms with Crippen LogP contribution in [0.2, 0.25) is 0 Å². The van der Waals surface area contributed by atoms with Gasteiger partial charge < -0.3 is 4.74 Å². The highest BCUT2D eigenvalue weighted by molar-refractivity contribution is 5.24. The Morgan fingerprint density at radius 2 is 2.42 bits per heavy atom. The number of halogens is 1. The van der Waals surface area contributed by atoms with Crippen molar-refractivity contribution < 1.29 is 9.13 Å². The highest BCUT2D eigenvalue weighted by atomic mass is 19.1. The van der Waals surface area contributed by atoms with Crippen molar-refractivity contribution in [3.8, 4) is 11.8 Å². The van der Waals surface area contributed by atoms with Gasteiger partial charge in [0.25, 0.3) is 0 Å². The Morgan fingerprint density at radius 1 is 1.67 bits per heavy atom. The second-order valence-corrected chi connectivity index (χ2v) is 2.16. The number of hydrogen-bond donors (Lipinski definition) is 0. The zero-order valence-electron chi connectivity index (χ0n) is 6.54. The van der Waals surface area contributed by atoms with Crippen LogP contribution in [0.25, 0.3) is 0 Å². The molecule has 0 aromatic carbocycles. The zero-order valence-corrected chi connectivity index (χ0v) is 6.54. The SMILES string of the molecule is COc1cc(F)nc(CC#N)c1. The van der Waals surface area contributed by atoms with Crippen molar-refractivity contribution in [2.24, 2.45) is 0 Å². The third kappa shape index (κ3) is 1.92. The Labute approximate surface area is 69.4 Å². The molecule has 0 aliphatic rings. The standard InChI is InChI=1S/C8H7FN2O/c1-12-7-4-6(2-3-10)11-8(9)5-7/h4-5H,2H2,1H3. The Kier molecular flexibility index (Phi) is 2.59. The molecule has 0 amide bonds. The average molecular weight is 166 g/mol. The van der Waals surface area contributed by atoms with E-state index in [1.807, 2.05) is 6.07 Å². The number of pyridine rings is 1. The van der Waals surface area contributed by atoms with Gasteiger partial charge in [0.2, 0.25) is 5.95 Å². The molecule has 12 heavy (non-hydrogen) atoms. The molecule has 0 fully saturated rings. The van der Waals surface area contributed by atoms with Crippen molar-refractivity contribution in [3.63, 3.8) is 0 Å². The Morgan fingerprint density at radius 3 is 3.00 bits per heavy atom. The van der Waals surface area contributed by atoms with Crippen molar-refractivity contribution >= 4 is 0 Å². The van der Waals surface area contributed by atoms with Crippen molar-refractivity contribution in [1.82, 2.24) is 4.98 Å². The third-order valence-corrected chi connectivity index (χ3v) is 1.32. The first-order valence-corrected chi connectivity index (χ1v) is 3.33. The minimum atomic E-state index is -0.625. The lowest BCUT2D eigenvalue weighted by atomic mass is 10.3. The average Bonchev–Trinajstić information content (AvgIpc) is 2.04. The van der Waals surface area contributed by atoms with E-state index in [2.05, 4.69) is 4.98 Å². The molecular weight excluding hydrogens is 159 g/mol. The van der Waals surface area contributed by atoms with Crippen LogP contribution >= 0.6 is 0 Å². The predicted molar refractivity (Wildman–Crippen MR) is 40.1 cm³/mol. The van der Waals surface area contributed by atoms with Crippen molar-refractivity contribution in [1.29, 1.82) is 5.26 Å². The quantitative estimate of drug-likeness (QED) is 0.622. The number of nitrogens with zero attached hydrogens (tertiary/aromatic N) is 2. The van der Waals surface area contributed by atoms with E-state index in [4.69, 9.17) is 10.00 Å². The summed E-state index contributed by atoms with van der Waals surface area (Å²) in [6.45, 7) is 0. The molecule has 0 aliphatic carbocycles. The molecular formula is C8H7FN2O. The Balaban J connectivity index is 2.99. The normalized spacial score (nSPS) is 9.08. The molecule has 1 heterocycles. The van der Waals surface area contributed by atoms with Crippen LogP contribution in [-0.2, 0) is 6.42 Å². The van der Waals surface area contributed by atoms with Crippen LogP contribution in [-0.4, -0.2) is 12.1 Å². The maximum atomic E-state index is 12.6. The lowest BCUT2D eigenvalue weighted by Crippen LogP contribution is -1.94. The number of methoxy groups -OCH3 is 1. The summed E-state index contributed by atoms with van der Waals surface area (Å²) in [6.07, 6.45) is 0.0914. The predicted octanol–water partition coefficient (Wildman–Crippen LogP) is 1.30. The summed E-state index contributed by atoms with van der Waals surface area (Å²) in [5, 5.41) is 8.32. The molecule has 1 aromatic heterocycles.